The Bertz CT molecular complexity index is 374. The van der Waals surface area contributed by atoms with Gasteiger partial charge < -0.3 is 0 Å². The first-order valence-electron chi connectivity index (χ1n) is 3.52. The van der Waals surface area contributed by atoms with Crippen LogP contribution < -0.4 is 0 Å². The van der Waals surface area contributed by atoms with E-state index >= 15 is 0 Å². The highest BCUT2D eigenvalue weighted by Crippen LogP contribution is 2.24. The molecule has 0 radical (unpaired) electrons. The first kappa shape index (κ1) is 10.7. The highest BCUT2D eigenvalue weighted by atomic mass is 127. The zero-order valence-electron chi connectivity index (χ0n) is 6.80. The van der Waals surface area contributed by atoms with Crippen molar-refractivity contribution in [1.82, 2.24) is 0 Å². The van der Waals surface area contributed by atoms with Gasteiger partial charge >= 0.3 is 0 Å². The summed E-state index contributed by atoms with van der Waals surface area (Å²) in [5, 5.41) is 0.350. The van der Waals surface area contributed by atoms with Gasteiger partial charge in [-0.1, -0.05) is 11.6 Å². The topological polar surface area (TPSA) is 34.1 Å². The predicted molar refractivity (Wildman–Crippen MR) is 59.6 cm³/mol. The van der Waals surface area contributed by atoms with Gasteiger partial charge in [0.1, 0.15) is 0 Å². The minimum atomic E-state index is -0.152. The zero-order valence-corrected chi connectivity index (χ0v) is 9.72. The summed E-state index contributed by atoms with van der Waals surface area (Å²) >= 11 is 7.86. The van der Waals surface area contributed by atoms with E-state index in [1.54, 1.807) is 12.1 Å². The Kier molecular flexibility index (Phi) is 3.44. The summed E-state index contributed by atoms with van der Waals surface area (Å²) in [6.07, 6.45) is 0.612. The maximum Gasteiger partial charge on any atom is 0.160 e. The van der Waals surface area contributed by atoms with Gasteiger partial charge in [0.15, 0.2) is 12.1 Å². The SMILES string of the molecule is CC(=O)c1ccc(I)c(Cl)c1C=O. The number of carbonyl (C=O) groups excluding carboxylic acids is 2. The van der Waals surface area contributed by atoms with Crippen LogP contribution in [0.2, 0.25) is 5.02 Å². The van der Waals surface area contributed by atoms with Crippen molar-refractivity contribution in [3.8, 4) is 0 Å². The lowest BCUT2D eigenvalue weighted by atomic mass is 10.1. The third kappa shape index (κ3) is 2.08. The first-order valence-corrected chi connectivity index (χ1v) is 4.97. The molecule has 0 aliphatic rings. The third-order valence-electron chi connectivity index (χ3n) is 1.63. The van der Waals surface area contributed by atoms with Gasteiger partial charge in [0, 0.05) is 14.7 Å². The Balaban J connectivity index is 3.47. The highest BCUT2D eigenvalue weighted by Gasteiger charge is 2.12. The molecule has 0 bridgehead atoms. The molecule has 0 heterocycles. The molecule has 1 aromatic carbocycles. The van der Waals surface area contributed by atoms with Gasteiger partial charge in [0.2, 0.25) is 0 Å². The second-order valence-electron chi connectivity index (χ2n) is 2.50. The van der Waals surface area contributed by atoms with E-state index in [1.807, 2.05) is 22.6 Å². The van der Waals surface area contributed by atoms with Crippen LogP contribution in [0.5, 0.6) is 0 Å². The van der Waals surface area contributed by atoms with Gasteiger partial charge in [-0.05, 0) is 41.6 Å². The second kappa shape index (κ2) is 4.19. The molecule has 0 spiro atoms. The summed E-state index contributed by atoms with van der Waals surface area (Å²) in [5.41, 5.74) is 0.654. The number of carbonyl (C=O) groups is 2. The molecule has 1 aromatic rings. The molecule has 4 heteroatoms. The van der Waals surface area contributed by atoms with Crippen LogP contribution in [-0.4, -0.2) is 12.1 Å². The average molecular weight is 309 g/mol. The van der Waals surface area contributed by atoms with Crippen LogP contribution in [0.4, 0.5) is 0 Å². The van der Waals surface area contributed by atoms with Crippen molar-refractivity contribution in [2.75, 3.05) is 0 Å². The van der Waals surface area contributed by atoms with Crippen molar-refractivity contribution in [2.45, 2.75) is 6.92 Å². The molecule has 0 atom stereocenters. The van der Waals surface area contributed by atoms with E-state index < -0.39 is 0 Å². The average Bonchev–Trinajstić information content (AvgIpc) is 2.09. The van der Waals surface area contributed by atoms with Gasteiger partial charge in [-0.25, -0.2) is 0 Å². The van der Waals surface area contributed by atoms with E-state index in [4.69, 9.17) is 11.6 Å². The second-order valence-corrected chi connectivity index (χ2v) is 4.04. The van der Waals surface area contributed by atoms with Crippen molar-refractivity contribution >= 4 is 46.3 Å². The lowest BCUT2D eigenvalue weighted by Crippen LogP contribution is -2.00. The number of aldehydes is 1. The van der Waals surface area contributed by atoms with Gasteiger partial charge in [-0.15, -0.1) is 0 Å². The monoisotopic (exact) mass is 308 g/mol. The standard InChI is InChI=1S/C9H6ClIO2/c1-5(13)6-2-3-8(11)9(10)7(6)4-12/h2-4H,1H3. The normalized spacial score (nSPS) is 9.77. The van der Waals surface area contributed by atoms with Gasteiger partial charge in [0.05, 0.1) is 5.02 Å². The van der Waals surface area contributed by atoms with Crippen LogP contribution >= 0.6 is 34.2 Å². The van der Waals surface area contributed by atoms with Crippen molar-refractivity contribution in [2.24, 2.45) is 0 Å². The summed E-state index contributed by atoms with van der Waals surface area (Å²) in [7, 11) is 0. The third-order valence-corrected chi connectivity index (χ3v) is 3.25. The maximum atomic E-state index is 11.1. The number of hydrogen-bond donors (Lipinski definition) is 0. The summed E-state index contributed by atoms with van der Waals surface area (Å²) < 4.78 is 0.770. The Hall–Kier alpha value is -0.420. The minimum Gasteiger partial charge on any atom is -0.298 e. The number of rotatable bonds is 2. The molecule has 0 unspecified atom stereocenters. The minimum absolute atomic E-state index is 0.152. The van der Waals surface area contributed by atoms with Crippen molar-refractivity contribution in [3.05, 3.63) is 31.9 Å². The first-order chi connectivity index (χ1) is 6.07. The smallest absolute Gasteiger partial charge is 0.160 e. The lowest BCUT2D eigenvalue weighted by Gasteiger charge is -2.03. The molecular weight excluding hydrogens is 302 g/mol. The molecule has 0 amide bonds. The summed E-state index contributed by atoms with van der Waals surface area (Å²) in [6, 6.07) is 3.33. The van der Waals surface area contributed by atoms with Crippen LogP contribution in [0.1, 0.15) is 27.6 Å². The van der Waals surface area contributed by atoms with E-state index in [0.717, 1.165) is 3.57 Å². The number of ketones is 1. The van der Waals surface area contributed by atoms with Gasteiger partial charge in [0.25, 0.3) is 0 Å². The predicted octanol–water partition coefficient (Wildman–Crippen LogP) is 2.96. The molecule has 0 aliphatic carbocycles. The summed E-state index contributed by atoms with van der Waals surface area (Å²) in [6.45, 7) is 1.41. The molecule has 1 rings (SSSR count). The number of hydrogen-bond acceptors (Lipinski definition) is 2. The molecule has 2 nitrogen and oxygen atoms in total. The van der Waals surface area contributed by atoms with E-state index in [1.165, 1.54) is 6.92 Å². The molecule has 13 heavy (non-hydrogen) atoms. The van der Waals surface area contributed by atoms with E-state index in [0.29, 0.717) is 16.9 Å². The summed E-state index contributed by atoms with van der Waals surface area (Å²) in [5.74, 6) is -0.152. The maximum absolute atomic E-state index is 11.1. The lowest BCUT2D eigenvalue weighted by molar-refractivity contribution is 0.101. The zero-order chi connectivity index (χ0) is 10.0. The molecule has 0 saturated carbocycles. The fourth-order valence-corrected chi connectivity index (χ4v) is 1.67. The van der Waals surface area contributed by atoms with Crippen LogP contribution in [0, 0.1) is 3.57 Å². The molecule has 68 valence electrons. The highest BCUT2D eigenvalue weighted by molar-refractivity contribution is 14.1. The molecule has 0 aliphatic heterocycles. The molecule has 0 fully saturated rings. The fraction of sp³-hybridized carbons (Fsp3) is 0.111. The fourth-order valence-electron chi connectivity index (χ4n) is 0.989. The van der Waals surface area contributed by atoms with Gasteiger partial charge in [-0.2, -0.15) is 0 Å². The molecule has 0 N–H and O–H groups in total. The Morgan fingerprint density at radius 2 is 2.15 bits per heavy atom. The Labute approximate surface area is 94.4 Å². The Morgan fingerprint density at radius 1 is 1.54 bits per heavy atom. The van der Waals surface area contributed by atoms with E-state index in [9.17, 15) is 9.59 Å². The Morgan fingerprint density at radius 3 is 2.62 bits per heavy atom. The van der Waals surface area contributed by atoms with Crippen LogP contribution in [0.15, 0.2) is 12.1 Å². The molecule has 0 saturated heterocycles. The molecule has 0 aromatic heterocycles. The van der Waals surface area contributed by atoms with Crippen LogP contribution in [0.3, 0.4) is 0 Å². The van der Waals surface area contributed by atoms with Crippen molar-refractivity contribution < 1.29 is 9.59 Å². The van der Waals surface area contributed by atoms with Crippen molar-refractivity contribution in [3.63, 3.8) is 0 Å². The van der Waals surface area contributed by atoms with Crippen molar-refractivity contribution in [1.29, 1.82) is 0 Å². The van der Waals surface area contributed by atoms with Gasteiger partial charge in [-0.3, -0.25) is 9.59 Å². The summed E-state index contributed by atoms with van der Waals surface area (Å²) in [4.78, 5) is 21.7. The number of benzene rings is 1. The van der Waals surface area contributed by atoms with E-state index in [-0.39, 0.29) is 11.3 Å². The van der Waals surface area contributed by atoms with Crippen LogP contribution in [0.25, 0.3) is 0 Å². The van der Waals surface area contributed by atoms with E-state index in [2.05, 4.69) is 0 Å². The molecular formula is C9H6ClIO2. The van der Waals surface area contributed by atoms with Crippen LogP contribution in [-0.2, 0) is 0 Å². The number of Topliss-reactive ketones (excluding diaryl/α,β-unsaturated/α-hetero) is 1. The largest absolute Gasteiger partial charge is 0.298 e. The number of halogens is 2. The quantitative estimate of drug-likeness (QED) is 0.478.